The number of anilines is 1. The molecule has 0 spiro atoms. The predicted octanol–water partition coefficient (Wildman–Crippen LogP) is 1.96. The van der Waals surface area contributed by atoms with E-state index >= 15 is 0 Å². The molecule has 2 aliphatic heterocycles. The highest BCUT2D eigenvalue weighted by Crippen LogP contribution is 2.32. The Morgan fingerprint density at radius 2 is 1.68 bits per heavy atom. The Labute approximate surface area is 183 Å². The van der Waals surface area contributed by atoms with E-state index < -0.39 is 10.0 Å². The van der Waals surface area contributed by atoms with Crippen molar-refractivity contribution in [1.82, 2.24) is 9.62 Å². The predicted molar refractivity (Wildman–Crippen MR) is 119 cm³/mol. The van der Waals surface area contributed by atoms with Crippen LogP contribution < -0.4 is 23.8 Å². The molecule has 4 rings (SSSR count). The molecule has 31 heavy (non-hydrogen) atoms. The second kappa shape index (κ2) is 9.76. The number of piperazine rings is 1. The molecule has 0 bridgehead atoms. The zero-order valence-corrected chi connectivity index (χ0v) is 18.6. The third kappa shape index (κ3) is 5.41. The molecular weight excluding hydrogens is 418 g/mol. The van der Waals surface area contributed by atoms with Crippen LogP contribution >= 0.6 is 0 Å². The monoisotopic (exact) mass is 447 g/mol. The molecule has 9 heteroatoms. The maximum Gasteiger partial charge on any atom is 0.240 e. The number of benzene rings is 2. The summed E-state index contributed by atoms with van der Waals surface area (Å²) in [5, 5.41) is 0. The summed E-state index contributed by atoms with van der Waals surface area (Å²) < 4.78 is 44.0. The van der Waals surface area contributed by atoms with E-state index in [9.17, 15) is 8.42 Å². The number of methoxy groups -OCH3 is 1. The summed E-state index contributed by atoms with van der Waals surface area (Å²) in [5.74, 6) is 1.92. The lowest BCUT2D eigenvalue weighted by molar-refractivity contribution is 0.171. The summed E-state index contributed by atoms with van der Waals surface area (Å²) in [4.78, 5) is 4.93. The second-order valence-electron chi connectivity index (χ2n) is 7.58. The number of hydrogen-bond donors (Lipinski definition) is 1. The molecule has 0 aliphatic carbocycles. The van der Waals surface area contributed by atoms with Crippen molar-refractivity contribution in [3.8, 4) is 17.2 Å². The van der Waals surface area contributed by atoms with Gasteiger partial charge in [0.1, 0.15) is 19.0 Å². The van der Waals surface area contributed by atoms with Crippen molar-refractivity contribution >= 4 is 15.7 Å². The fourth-order valence-electron chi connectivity index (χ4n) is 3.81. The molecule has 1 N–H and O–H groups in total. The normalized spacial score (nSPS) is 16.9. The highest BCUT2D eigenvalue weighted by atomic mass is 32.2. The molecule has 0 unspecified atom stereocenters. The van der Waals surface area contributed by atoms with Gasteiger partial charge in [0, 0.05) is 44.5 Å². The lowest BCUT2D eigenvalue weighted by Gasteiger charge is -2.36. The Morgan fingerprint density at radius 1 is 0.968 bits per heavy atom. The fraction of sp³-hybridized carbons (Fsp3) is 0.455. The average Bonchev–Trinajstić information content (AvgIpc) is 2.82. The zero-order valence-electron chi connectivity index (χ0n) is 17.7. The number of ether oxygens (including phenoxy) is 3. The zero-order chi connectivity index (χ0) is 21.7. The standard InChI is InChI=1S/C22H29N3O5S/c1-28-19-5-3-18(4-6-19)25-13-11-24(12-14-25)10-2-9-23-31(26,27)20-7-8-21-22(17-20)30-16-15-29-21/h3-8,17,23H,2,9-16H2,1H3. The molecule has 2 heterocycles. The van der Waals surface area contributed by atoms with Crippen LogP contribution in [-0.4, -0.2) is 72.9 Å². The average molecular weight is 448 g/mol. The van der Waals surface area contributed by atoms with E-state index in [1.54, 1.807) is 19.2 Å². The van der Waals surface area contributed by atoms with Crippen LogP contribution in [-0.2, 0) is 10.0 Å². The Bertz CT molecular complexity index is 973. The molecule has 2 aromatic carbocycles. The molecular formula is C22H29N3O5S. The van der Waals surface area contributed by atoms with Crippen LogP contribution in [0.2, 0.25) is 0 Å². The minimum atomic E-state index is -3.57. The third-order valence-electron chi connectivity index (χ3n) is 5.58. The van der Waals surface area contributed by atoms with Crippen LogP contribution in [0, 0.1) is 0 Å². The Morgan fingerprint density at radius 3 is 2.39 bits per heavy atom. The van der Waals surface area contributed by atoms with E-state index in [0.29, 0.717) is 31.3 Å². The van der Waals surface area contributed by atoms with Gasteiger partial charge in [0.15, 0.2) is 11.5 Å². The van der Waals surface area contributed by atoms with Gasteiger partial charge in [-0.25, -0.2) is 13.1 Å². The first-order valence-electron chi connectivity index (χ1n) is 10.6. The number of rotatable bonds is 8. The van der Waals surface area contributed by atoms with E-state index in [1.807, 2.05) is 12.1 Å². The Kier molecular flexibility index (Phi) is 6.84. The molecule has 0 atom stereocenters. The van der Waals surface area contributed by atoms with Crippen LogP contribution in [0.1, 0.15) is 6.42 Å². The van der Waals surface area contributed by atoms with E-state index in [2.05, 4.69) is 26.7 Å². The molecule has 2 aliphatic rings. The molecule has 0 amide bonds. The van der Waals surface area contributed by atoms with E-state index in [0.717, 1.165) is 44.9 Å². The SMILES string of the molecule is COc1ccc(N2CCN(CCCNS(=O)(=O)c3ccc4c(c3)OCCO4)CC2)cc1. The molecule has 168 valence electrons. The largest absolute Gasteiger partial charge is 0.497 e. The molecule has 0 radical (unpaired) electrons. The molecule has 2 aromatic rings. The summed E-state index contributed by atoms with van der Waals surface area (Å²) in [6, 6.07) is 12.8. The van der Waals surface area contributed by atoms with Crippen LogP contribution in [0.5, 0.6) is 17.2 Å². The van der Waals surface area contributed by atoms with Gasteiger partial charge in [0.2, 0.25) is 10.0 Å². The molecule has 0 saturated carbocycles. The van der Waals surface area contributed by atoms with Gasteiger partial charge in [-0.2, -0.15) is 0 Å². The first kappa shape index (κ1) is 21.7. The Balaban J connectivity index is 1.20. The number of hydrogen-bond acceptors (Lipinski definition) is 7. The van der Waals surface area contributed by atoms with E-state index in [1.165, 1.54) is 11.8 Å². The summed E-state index contributed by atoms with van der Waals surface area (Å²) in [5.41, 5.74) is 1.20. The van der Waals surface area contributed by atoms with Crippen LogP contribution in [0.25, 0.3) is 0 Å². The van der Waals surface area contributed by atoms with E-state index in [4.69, 9.17) is 14.2 Å². The smallest absolute Gasteiger partial charge is 0.240 e. The molecule has 8 nitrogen and oxygen atoms in total. The van der Waals surface area contributed by atoms with Gasteiger partial charge in [0.05, 0.1) is 12.0 Å². The first-order chi connectivity index (χ1) is 15.0. The lowest BCUT2D eigenvalue weighted by atomic mass is 10.2. The van der Waals surface area contributed by atoms with Crippen LogP contribution in [0.4, 0.5) is 5.69 Å². The number of fused-ring (bicyclic) bond motifs is 1. The van der Waals surface area contributed by atoms with Crippen molar-refractivity contribution in [2.75, 3.05) is 64.5 Å². The van der Waals surface area contributed by atoms with Gasteiger partial charge in [-0.3, -0.25) is 4.90 Å². The summed E-state index contributed by atoms with van der Waals surface area (Å²) in [7, 11) is -1.90. The summed E-state index contributed by atoms with van der Waals surface area (Å²) in [6.45, 7) is 5.99. The van der Waals surface area contributed by atoms with Gasteiger partial charge in [0.25, 0.3) is 0 Å². The quantitative estimate of drug-likeness (QED) is 0.620. The summed E-state index contributed by atoms with van der Waals surface area (Å²) >= 11 is 0. The van der Waals surface area contributed by atoms with Gasteiger partial charge >= 0.3 is 0 Å². The maximum atomic E-state index is 12.6. The number of nitrogens with one attached hydrogen (secondary N) is 1. The van der Waals surface area contributed by atoms with Crippen molar-refractivity contribution < 1.29 is 22.6 Å². The van der Waals surface area contributed by atoms with Crippen LogP contribution in [0.15, 0.2) is 47.4 Å². The number of sulfonamides is 1. The minimum absolute atomic E-state index is 0.199. The highest BCUT2D eigenvalue weighted by molar-refractivity contribution is 7.89. The van der Waals surface area contributed by atoms with Crippen LogP contribution in [0.3, 0.4) is 0 Å². The highest BCUT2D eigenvalue weighted by Gasteiger charge is 2.20. The van der Waals surface area contributed by atoms with E-state index in [-0.39, 0.29) is 4.90 Å². The van der Waals surface area contributed by atoms with Gasteiger partial charge in [-0.1, -0.05) is 0 Å². The number of nitrogens with zero attached hydrogens (tertiary/aromatic N) is 2. The molecule has 0 aromatic heterocycles. The van der Waals surface area contributed by atoms with Gasteiger partial charge < -0.3 is 19.1 Å². The van der Waals surface area contributed by atoms with Crippen molar-refractivity contribution in [2.45, 2.75) is 11.3 Å². The molecule has 1 fully saturated rings. The first-order valence-corrected chi connectivity index (χ1v) is 12.0. The van der Waals surface area contributed by atoms with Crippen molar-refractivity contribution in [3.63, 3.8) is 0 Å². The van der Waals surface area contributed by atoms with Crippen molar-refractivity contribution in [3.05, 3.63) is 42.5 Å². The Hall–Kier alpha value is -2.49. The fourth-order valence-corrected chi connectivity index (χ4v) is 4.90. The van der Waals surface area contributed by atoms with Crippen molar-refractivity contribution in [2.24, 2.45) is 0 Å². The van der Waals surface area contributed by atoms with Crippen molar-refractivity contribution in [1.29, 1.82) is 0 Å². The van der Waals surface area contributed by atoms with Gasteiger partial charge in [-0.15, -0.1) is 0 Å². The molecule has 1 saturated heterocycles. The minimum Gasteiger partial charge on any atom is -0.497 e. The second-order valence-corrected chi connectivity index (χ2v) is 9.35. The third-order valence-corrected chi connectivity index (χ3v) is 7.04. The lowest BCUT2D eigenvalue weighted by Crippen LogP contribution is -2.47. The topological polar surface area (TPSA) is 80.3 Å². The summed E-state index contributed by atoms with van der Waals surface area (Å²) in [6.07, 6.45) is 0.756. The van der Waals surface area contributed by atoms with Gasteiger partial charge in [-0.05, 0) is 49.4 Å². The maximum absolute atomic E-state index is 12.6.